The van der Waals surface area contributed by atoms with Gasteiger partial charge in [0.2, 0.25) is 5.13 Å². The molecule has 0 saturated heterocycles. The van der Waals surface area contributed by atoms with Crippen molar-refractivity contribution in [2.24, 2.45) is 10.7 Å². The summed E-state index contributed by atoms with van der Waals surface area (Å²) in [4.78, 5) is 20.8. The summed E-state index contributed by atoms with van der Waals surface area (Å²) in [5.41, 5.74) is 7.66. The second kappa shape index (κ2) is 9.34. The lowest BCUT2D eigenvalue weighted by Crippen LogP contribution is -2.18. The summed E-state index contributed by atoms with van der Waals surface area (Å²) in [6.45, 7) is 3.32. The fourth-order valence-corrected chi connectivity index (χ4v) is 6.06. The summed E-state index contributed by atoms with van der Waals surface area (Å²) in [7, 11) is 0. The average molecular weight is 524 g/mol. The van der Waals surface area contributed by atoms with Crippen molar-refractivity contribution in [1.82, 2.24) is 4.98 Å². The third kappa shape index (κ3) is 5.33. The maximum Gasteiger partial charge on any atom is 0.573 e. The molecule has 2 aromatic carbocycles. The van der Waals surface area contributed by atoms with Crippen LogP contribution in [0.1, 0.15) is 30.2 Å². The molecule has 0 aliphatic carbocycles. The number of thioether (sulfide) groups is 1. The van der Waals surface area contributed by atoms with Gasteiger partial charge in [-0.15, -0.1) is 24.9 Å². The molecule has 35 heavy (non-hydrogen) atoms. The Morgan fingerprint density at radius 2 is 1.97 bits per heavy atom. The van der Waals surface area contributed by atoms with E-state index in [2.05, 4.69) is 14.7 Å². The van der Waals surface area contributed by atoms with Crippen LogP contribution in [0.5, 0.6) is 5.75 Å². The van der Waals surface area contributed by atoms with Crippen LogP contribution in [0.25, 0.3) is 16.8 Å². The van der Waals surface area contributed by atoms with Crippen LogP contribution in [-0.4, -0.2) is 28.1 Å². The Morgan fingerprint density at radius 1 is 1.23 bits per heavy atom. The Balaban J connectivity index is 1.78. The highest BCUT2D eigenvalue weighted by molar-refractivity contribution is 8.01. The van der Waals surface area contributed by atoms with Gasteiger partial charge in [0, 0.05) is 22.1 Å². The van der Waals surface area contributed by atoms with Crippen molar-refractivity contribution >= 4 is 45.5 Å². The van der Waals surface area contributed by atoms with Crippen molar-refractivity contribution in [3.63, 3.8) is 0 Å². The first kappa shape index (κ1) is 24.7. The van der Waals surface area contributed by atoms with Crippen molar-refractivity contribution in [2.45, 2.75) is 29.7 Å². The quantitative estimate of drug-likeness (QED) is 0.290. The zero-order chi connectivity index (χ0) is 25.5. The van der Waals surface area contributed by atoms with Crippen molar-refractivity contribution < 1.29 is 32.2 Å². The molecule has 1 aromatic heterocycles. The Labute approximate surface area is 205 Å². The molecule has 182 valence electrons. The number of thiazole rings is 1. The zero-order valence-electron chi connectivity index (χ0n) is 18.2. The molecule has 3 aromatic rings. The molecular weight excluding hydrogens is 506 g/mol. The van der Waals surface area contributed by atoms with Crippen molar-refractivity contribution in [2.75, 3.05) is 0 Å². The van der Waals surface area contributed by atoms with Crippen molar-refractivity contribution in [3.8, 4) is 17.0 Å². The molecule has 0 radical (unpaired) electrons. The maximum atomic E-state index is 13.8. The first-order valence-corrected chi connectivity index (χ1v) is 11.7. The van der Waals surface area contributed by atoms with Crippen LogP contribution < -0.4 is 10.5 Å². The third-order valence-electron chi connectivity index (χ3n) is 4.97. The van der Waals surface area contributed by atoms with E-state index < -0.39 is 23.9 Å². The third-order valence-corrected chi connectivity index (χ3v) is 7.27. The van der Waals surface area contributed by atoms with Gasteiger partial charge in [-0.1, -0.05) is 23.5 Å². The Hall–Kier alpha value is -3.38. The highest BCUT2D eigenvalue weighted by Crippen LogP contribution is 2.53. The molecule has 6 nitrogen and oxygen atoms in total. The molecule has 0 fully saturated rings. The van der Waals surface area contributed by atoms with E-state index in [-0.39, 0.29) is 33.0 Å². The van der Waals surface area contributed by atoms with Crippen LogP contribution in [0.3, 0.4) is 0 Å². The minimum atomic E-state index is -4.81. The van der Waals surface area contributed by atoms with E-state index in [1.54, 1.807) is 0 Å². The van der Waals surface area contributed by atoms with Gasteiger partial charge in [-0.05, 0) is 55.3 Å². The number of nitrogens with two attached hydrogens (primary N) is 1. The van der Waals surface area contributed by atoms with Gasteiger partial charge in [-0.3, -0.25) is 0 Å². The Morgan fingerprint density at radius 3 is 2.60 bits per heavy atom. The summed E-state index contributed by atoms with van der Waals surface area (Å²) >= 11 is 2.51. The fourth-order valence-electron chi connectivity index (χ4n) is 3.61. The van der Waals surface area contributed by atoms with Crippen LogP contribution in [0, 0.1) is 5.82 Å². The van der Waals surface area contributed by atoms with E-state index in [1.165, 1.54) is 55.1 Å². The van der Waals surface area contributed by atoms with Gasteiger partial charge in [0.1, 0.15) is 11.6 Å². The number of benzene rings is 2. The summed E-state index contributed by atoms with van der Waals surface area (Å²) in [5.74, 6) is -2.28. The van der Waals surface area contributed by atoms with Gasteiger partial charge in [0.15, 0.2) is 5.71 Å². The van der Waals surface area contributed by atoms with E-state index in [0.29, 0.717) is 16.8 Å². The molecule has 1 unspecified atom stereocenters. The number of carboxylic acid groups (broad SMARTS) is 1. The lowest BCUT2D eigenvalue weighted by molar-refractivity contribution is -0.274. The van der Waals surface area contributed by atoms with Gasteiger partial charge in [-0.25, -0.2) is 19.2 Å². The standard InChI is InChI=1S/C23H17F4N3O3S2/c1-10(28)17(12-4-3-5-13(24)8-12)19(20(31)32)30-22-29-18-15-7-6-14(33-23(25,26)27)9-16(15)11(2)34-21(18)35-22/h3-9,11H,28H2,1-2H3,(H,31,32). The number of aliphatic carboxylic acids is 1. The van der Waals surface area contributed by atoms with Crippen molar-refractivity contribution in [3.05, 3.63) is 65.1 Å². The molecule has 2 heterocycles. The number of alkyl halides is 3. The molecule has 4 rings (SSSR count). The minimum absolute atomic E-state index is 0.0561. The number of fused-ring (bicyclic) bond motifs is 3. The molecule has 1 aliphatic heterocycles. The Bertz CT molecular complexity index is 1380. The number of hydrogen-bond donors (Lipinski definition) is 2. The molecule has 0 amide bonds. The molecule has 0 spiro atoms. The predicted molar refractivity (Wildman–Crippen MR) is 126 cm³/mol. The number of aliphatic imine (C=N–C) groups is 1. The highest BCUT2D eigenvalue weighted by atomic mass is 32.2. The van der Waals surface area contributed by atoms with Crippen LogP contribution in [0.4, 0.5) is 22.7 Å². The molecule has 0 bridgehead atoms. The average Bonchev–Trinajstić information content (AvgIpc) is 3.14. The molecular formula is C23H17F4N3O3S2. The first-order valence-electron chi connectivity index (χ1n) is 10.0. The second-order valence-electron chi connectivity index (χ2n) is 7.52. The number of allylic oxidation sites excluding steroid dienone is 1. The molecule has 3 N–H and O–H groups in total. The van der Waals surface area contributed by atoms with E-state index in [4.69, 9.17) is 5.73 Å². The molecule has 0 saturated carbocycles. The number of ether oxygens (including phenoxy) is 1. The van der Waals surface area contributed by atoms with Gasteiger partial charge < -0.3 is 15.6 Å². The number of hydrogen-bond acceptors (Lipinski definition) is 7. The summed E-state index contributed by atoms with van der Waals surface area (Å²) < 4.78 is 56.5. The first-order chi connectivity index (χ1) is 16.4. The predicted octanol–water partition coefficient (Wildman–Crippen LogP) is 6.56. The van der Waals surface area contributed by atoms with Crippen molar-refractivity contribution in [1.29, 1.82) is 0 Å². The number of rotatable bonds is 5. The Kier molecular flexibility index (Phi) is 6.60. The highest BCUT2D eigenvalue weighted by Gasteiger charge is 2.33. The van der Waals surface area contributed by atoms with E-state index in [9.17, 15) is 27.5 Å². The number of carbonyl (C=O) groups is 1. The monoisotopic (exact) mass is 523 g/mol. The largest absolute Gasteiger partial charge is 0.573 e. The van der Waals surface area contributed by atoms with Crippen LogP contribution in [0.2, 0.25) is 0 Å². The van der Waals surface area contributed by atoms with Gasteiger partial charge >= 0.3 is 12.3 Å². The normalized spacial score (nSPS) is 16.3. The van der Waals surface area contributed by atoms with Crippen LogP contribution in [0.15, 0.2) is 57.4 Å². The van der Waals surface area contributed by atoms with Gasteiger partial charge in [0.05, 0.1) is 9.90 Å². The molecule has 1 atom stereocenters. The smallest absolute Gasteiger partial charge is 0.476 e. The lowest BCUT2D eigenvalue weighted by atomic mass is 9.99. The summed E-state index contributed by atoms with van der Waals surface area (Å²) in [6.07, 6.45) is -4.81. The van der Waals surface area contributed by atoms with Gasteiger partial charge in [-0.2, -0.15) is 0 Å². The second-order valence-corrected chi connectivity index (χ2v) is 10.1. The summed E-state index contributed by atoms with van der Waals surface area (Å²) in [5, 5.41) is 9.77. The van der Waals surface area contributed by atoms with Crippen LogP contribution in [-0.2, 0) is 4.79 Å². The lowest BCUT2D eigenvalue weighted by Gasteiger charge is -2.22. The summed E-state index contributed by atoms with van der Waals surface area (Å²) in [6, 6.07) is 9.34. The van der Waals surface area contributed by atoms with Gasteiger partial charge in [0.25, 0.3) is 0 Å². The van der Waals surface area contributed by atoms with E-state index >= 15 is 0 Å². The number of aromatic nitrogens is 1. The van der Waals surface area contributed by atoms with E-state index in [1.807, 2.05) is 6.92 Å². The van der Waals surface area contributed by atoms with E-state index in [0.717, 1.165) is 21.6 Å². The zero-order valence-corrected chi connectivity index (χ0v) is 19.8. The number of halogens is 4. The molecule has 1 aliphatic rings. The topological polar surface area (TPSA) is 97.8 Å². The SMILES string of the molecule is CC(N)=C(C(=Nc1nc2c(s1)SC(C)c1cc(OC(F)(F)F)ccc1-2)C(=O)O)c1cccc(F)c1. The fraction of sp³-hybridized carbons (Fsp3) is 0.174. The molecule has 12 heteroatoms. The number of carboxylic acids is 1. The number of nitrogens with zero attached hydrogens (tertiary/aromatic N) is 2. The van der Waals surface area contributed by atoms with Crippen LogP contribution >= 0.6 is 23.1 Å². The maximum absolute atomic E-state index is 13.8. The minimum Gasteiger partial charge on any atom is -0.476 e.